The molecule has 0 spiro atoms. The molecule has 3 atom stereocenters. The molecule has 2 nitrogen and oxygen atoms in total. The minimum Gasteiger partial charge on any atom is -0.389 e. The van der Waals surface area contributed by atoms with Crippen molar-refractivity contribution in [3.8, 4) is 0 Å². The van der Waals surface area contributed by atoms with Gasteiger partial charge in [0.25, 0.3) is 0 Å². The summed E-state index contributed by atoms with van der Waals surface area (Å²) in [5.74, 6) is 1.58. The summed E-state index contributed by atoms with van der Waals surface area (Å²) < 4.78 is 12.0. The number of halogens is 1. The number of likely N-dealkylation sites (tertiary alicyclic amines) is 1. The average molecular weight is 187 g/mol. The highest BCUT2D eigenvalue weighted by Gasteiger charge is 2.61. The van der Waals surface area contributed by atoms with Crippen molar-refractivity contribution in [2.75, 3.05) is 26.3 Å². The topological polar surface area (TPSA) is 23.5 Å². The Morgan fingerprint density at radius 1 is 1.46 bits per heavy atom. The summed E-state index contributed by atoms with van der Waals surface area (Å²) in [5, 5.41) is 9.13. The zero-order valence-electron chi connectivity index (χ0n) is 8.33. The molecule has 1 N–H and O–H groups in total. The van der Waals surface area contributed by atoms with E-state index < -0.39 is 12.8 Å². The van der Waals surface area contributed by atoms with Crippen LogP contribution in [0.1, 0.15) is 13.8 Å². The van der Waals surface area contributed by atoms with Crippen LogP contribution in [0.5, 0.6) is 0 Å². The molecule has 1 heterocycles. The lowest BCUT2D eigenvalue weighted by molar-refractivity contribution is 0.0899. The number of aliphatic hydroxyl groups is 1. The van der Waals surface area contributed by atoms with Gasteiger partial charge in [0.2, 0.25) is 0 Å². The Balaban J connectivity index is 1.78. The van der Waals surface area contributed by atoms with E-state index in [9.17, 15) is 4.39 Å². The van der Waals surface area contributed by atoms with Crippen molar-refractivity contribution in [1.29, 1.82) is 0 Å². The highest BCUT2D eigenvalue weighted by atomic mass is 19.1. The van der Waals surface area contributed by atoms with Crippen molar-refractivity contribution in [2.24, 2.45) is 17.3 Å². The van der Waals surface area contributed by atoms with Gasteiger partial charge in [-0.1, -0.05) is 13.8 Å². The second kappa shape index (κ2) is 2.92. The Hall–Kier alpha value is -0.150. The van der Waals surface area contributed by atoms with Gasteiger partial charge >= 0.3 is 0 Å². The quantitative estimate of drug-likeness (QED) is 0.709. The molecular weight excluding hydrogens is 169 g/mol. The van der Waals surface area contributed by atoms with Crippen LogP contribution >= 0.6 is 0 Å². The van der Waals surface area contributed by atoms with Gasteiger partial charge in [-0.2, -0.15) is 0 Å². The lowest BCUT2D eigenvalue weighted by Gasteiger charge is -2.23. The van der Waals surface area contributed by atoms with Crippen molar-refractivity contribution >= 4 is 0 Å². The number of nitrogens with zero attached hydrogens (tertiary/aromatic N) is 1. The minimum atomic E-state index is -0.777. The van der Waals surface area contributed by atoms with Crippen LogP contribution in [-0.2, 0) is 0 Å². The second-order valence-corrected chi connectivity index (χ2v) is 5.06. The molecule has 2 fully saturated rings. The fourth-order valence-corrected chi connectivity index (χ4v) is 2.71. The Bertz CT molecular complexity index is 193. The molecule has 3 heteroatoms. The maximum Gasteiger partial charge on any atom is 0.117 e. The van der Waals surface area contributed by atoms with E-state index in [1.807, 2.05) is 0 Å². The van der Waals surface area contributed by atoms with Crippen LogP contribution < -0.4 is 0 Å². The SMILES string of the molecule is CC1(C)C2CN(CC(O)CF)CC21. The van der Waals surface area contributed by atoms with Gasteiger partial charge in [0.05, 0.1) is 6.10 Å². The largest absolute Gasteiger partial charge is 0.389 e. The van der Waals surface area contributed by atoms with Gasteiger partial charge in [0.15, 0.2) is 0 Å². The summed E-state index contributed by atoms with van der Waals surface area (Å²) in [6.45, 7) is 6.59. The molecule has 0 aromatic carbocycles. The molecule has 3 unspecified atom stereocenters. The highest BCUT2D eigenvalue weighted by molar-refractivity contribution is 5.11. The number of aliphatic hydroxyl groups excluding tert-OH is 1. The van der Waals surface area contributed by atoms with E-state index in [1.54, 1.807) is 0 Å². The van der Waals surface area contributed by atoms with Crippen LogP contribution in [0.2, 0.25) is 0 Å². The smallest absolute Gasteiger partial charge is 0.117 e. The maximum absolute atomic E-state index is 12.0. The van der Waals surface area contributed by atoms with Crippen molar-refractivity contribution in [1.82, 2.24) is 4.90 Å². The molecule has 13 heavy (non-hydrogen) atoms. The highest BCUT2D eigenvalue weighted by Crippen LogP contribution is 2.61. The fourth-order valence-electron chi connectivity index (χ4n) is 2.71. The number of β-amino-alcohol motifs (C(OH)–C–C–N with tert-alkyl or cyclic N) is 1. The van der Waals surface area contributed by atoms with E-state index in [0.717, 1.165) is 24.9 Å². The summed E-state index contributed by atoms with van der Waals surface area (Å²) in [7, 11) is 0. The lowest BCUT2D eigenvalue weighted by atomic mass is 10.1. The monoisotopic (exact) mass is 187 g/mol. The summed E-state index contributed by atoms with van der Waals surface area (Å²) in [6, 6.07) is 0. The first-order chi connectivity index (χ1) is 6.05. The third-order valence-electron chi connectivity index (χ3n) is 3.84. The van der Waals surface area contributed by atoms with Crippen molar-refractivity contribution in [2.45, 2.75) is 20.0 Å². The van der Waals surface area contributed by atoms with E-state index in [4.69, 9.17) is 5.11 Å². The Kier molecular flexibility index (Phi) is 2.11. The molecule has 0 aromatic rings. The molecule has 0 amide bonds. The third-order valence-corrected chi connectivity index (χ3v) is 3.84. The first kappa shape index (κ1) is 9.41. The van der Waals surface area contributed by atoms with Crippen LogP contribution in [0.3, 0.4) is 0 Å². The number of fused-ring (bicyclic) bond motifs is 1. The summed E-state index contributed by atoms with van der Waals surface area (Å²) in [4.78, 5) is 2.19. The number of piperidine rings is 1. The summed E-state index contributed by atoms with van der Waals surface area (Å²) in [5.41, 5.74) is 0.511. The van der Waals surface area contributed by atoms with Gasteiger partial charge in [0, 0.05) is 19.6 Å². The van der Waals surface area contributed by atoms with Crippen LogP contribution in [0.25, 0.3) is 0 Å². The number of hydrogen-bond donors (Lipinski definition) is 1. The van der Waals surface area contributed by atoms with Crippen molar-refractivity contribution in [3.05, 3.63) is 0 Å². The number of alkyl halides is 1. The molecule has 76 valence electrons. The predicted molar refractivity (Wildman–Crippen MR) is 49.2 cm³/mol. The molecule has 0 bridgehead atoms. The van der Waals surface area contributed by atoms with Gasteiger partial charge in [-0.05, 0) is 17.3 Å². The Labute approximate surface area is 78.7 Å². The van der Waals surface area contributed by atoms with Gasteiger partial charge < -0.3 is 10.0 Å². The zero-order valence-corrected chi connectivity index (χ0v) is 8.33. The normalized spacial score (nSPS) is 38.8. The summed E-state index contributed by atoms with van der Waals surface area (Å²) in [6.07, 6.45) is -0.777. The van der Waals surface area contributed by atoms with Crippen LogP contribution in [-0.4, -0.2) is 42.4 Å². The van der Waals surface area contributed by atoms with E-state index in [2.05, 4.69) is 18.7 Å². The molecule has 2 rings (SSSR count). The molecule has 1 aliphatic carbocycles. The fraction of sp³-hybridized carbons (Fsp3) is 1.00. The first-order valence-corrected chi connectivity index (χ1v) is 5.02. The van der Waals surface area contributed by atoms with Crippen LogP contribution in [0.15, 0.2) is 0 Å². The van der Waals surface area contributed by atoms with E-state index >= 15 is 0 Å². The van der Waals surface area contributed by atoms with Crippen LogP contribution in [0, 0.1) is 17.3 Å². The molecule has 0 radical (unpaired) electrons. The molecule has 1 saturated heterocycles. The lowest BCUT2D eigenvalue weighted by Crippen LogP contribution is -2.34. The van der Waals surface area contributed by atoms with Gasteiger partial charge in [-0.3, -0.25) is 0 Å². The van der Waals surface area contributed by atoms with Crippen molar-refractivity contribution in [3.63, 3.8) is 0 Å². The standard InChI is InChI=1S/C10H18FNO/c1-10(2)8-5-12(6-9(8)10)4-7(13)3-11/h7-9,13H,3-6H2,1-2H3. The van der Waals surface area contributed by atoms with Gasteiger partial charge in [-0.15, -0.1) is 0 Å². The zero-order chi connectivity index (χ0) is 9.64. The second-order valence-electron chi connectivity index (χ2n) is 5.06. The Morgan fingerprint density at radius 3 is 2.46 bits per heavy atom. The van der Waals surface area contributed by atoms with Gasteiger partial charge in [-0.25, -0.2) is 4.39 Å². The molecule has 2 aliphatic rings. The number of rotatable bonds is 3. The van der Waals surface area contributed by atoms with Crippen molar-refractivity contribution < 1.29 is 9.50 Å². The molecule has 1 saturated carbocycles. The first-order valence-electron chi connectivity index (χ1n) is 5.02. The van der Waals surface area contributed by atoms with E-state index in [-0.39, 0.29) is 0 Å². The van der Waals surface area contributed by atoms with E-state index in [1.165, 1.54) is 0 Å². The minimum absolute atomic E-state index is 0.511. The molecule has 0 aromatic heterocycles. The Morgan fingerprint density at radius 2 is 2.00 bits per heavy atom. The molecular formula is C10H18FNO. The van der Waals surface area contributed by atoms with E-state index in [0.29, 0.717) is 12.0 Å². The van der Waals surface area contributed by atoms with Crippen LogP contribution in [0.4, 0.5) is 4.39 Å². The summed E-state index contributed by atoms with van der Waals surface area (Å²) >= 11 is 0. The average Bonchev–Trinajstić information content (AvgIpc) is 2.54. The predicted octanol–water partition coefficient (Wildman–Crippen LogP) is 0.905. The number of hydrogen-bond acceptors (Lipinski definition) is 2. The molecule has 1 aliphatic heterocycles. The maximum atomic E-state index is 12.0. The van der Waals surface area contributed by atoms with Gasteiger partial charge in [0.1, 0.15) is 6.67 Å². The third kappa shape index (κ3) is 1.48.